The first-order valence-corrected chi connectivity index (χ1v) is 17.4. The largest absolute Gasteiger partial charge is 0.490 e. The Bertz CT molecular complexity index is 1600. The molecule has 1 aromatic heterocycles. The number of ether oxygens (including phenoxy) is 2. The topological polar surface area (TPSA) is 143 Å². The second-order valence-corrected chi connectivity index (χ2v) is 14.4. The highest BCUT2D eigenvalue weighted by Gasteiger charge is 2.33. The molecule has 2 amide bonds. The molecule has 0 radical (unpaired) electrons. The van der Waals surface area contributed by atoms with Crippen LogP contribution < -0.4 is 10.1 Å². The second-order valence-electron chi connectivity index (χ2n) is 12.4. The lowest BCUT2D eigenvalue weighted by Crippen LogP contribution is -2.48. The molecule has 2 N–H and O–H groups in total. The van der Waals surface area contributed by atoms with E-state index in [4.69, 9.17) is 9.47 Å². The summed E-state index contributed by atoms with van der Waals surface area (Å²) in [5.74, 6) is -0.547. The van der Waals surface area contributed by atoms with Crippen molar-refractivity contribution in [3.8, 4) is 5.75 Å². The molecule has 0 saturated carbocycles. The fourth-order valence-corrected chi connectivity index (χ4v) is 6.62. The van der Waals surface area contributed by atoms with Crippen molar-refractivity contribution < 1.29 is 32.6 Å². The standard InChI is InChI=1S/C34H47N5O7S/c1-24-19-39(25(2)22-40)34(42)29-18-28(36-32(41)17-27-12-7-6-8-13-27)14-15-30(29)46-26(3)11-9-10-16-45-31(24)20-38(5)47(43,44)33-21-37(4)23-35-33/h6-8,12-15,18,21,23-26,31,40H,9-11,16-17,19-20,22H2,1-5H3,(H,36,41)/t24-,25-,26-,31+/m0/s1. The maximum atomic E-state index is 14.3. The summed E-state index contributed by atoms with van der Waals surface area (Å²) >= 11 is 0. The Balaban J connectivity index is 1.62. The Morgan fingerprint density at radius 2 is 1.91 bits per heavy atom. The Morgan fingerprint density at radius 1 is 1.17 bits per heavy atom. The molecule has 4 rings (SSSR count). The lowest BCUT2D eigenvalue weighted by molar-refractivity contribution is -0.115. The van der Waals surface area contributed by atoms with E-state index in [0.717, 1.165) is 18.4 Å². The number of aliphatic hydroxyl groups excluding tert-OH is 1. The minimum atomic E-state index is -3.88. The lowest BCUT2D eigenvalue weighted by atomic mass is 10.0. The Morgan fingerprint density at radius 3 is 2.60 bits per heavy atom. The number of sulfonamides is 1. The van der Waals surface area contributed by atoms with Gasteiger partial charge in [-0.25, -0.2) is 13.4 Å². The third-order valence-corrected chi connectivity index (χ3v) is 10.0. The van der Waals surface area contributed by atoms with E-state index < -0.39 is 22.2 Å². The number of hydrogen-bond acceptors (Lipinski definition) is 8. The number of fused-ring (bicyclic) bond motifs is 1. The summed E-state index contributed by atoms with van der Waals surface area (Å²) in [5, 5.41) is 13.0. The highest BCUT2D eigenvalue weighted by molar-refractivity contribution is 7.89. The van der Waals surface area contributed by atoms with Gasteiger partial charge >= 0.3 is 0 Å². The van der Waals surface area contributed by atoms with Gasteiger partial charge in [-0.1, -0.05) is 37.3 Å². The van der Waals surface area contributed by atoms with Crippen LogP contribution in [0.5, 0.6) is 5.75 Å². The highest BCUT2D eigenvalue weighted by atomic mass is 32.2. The molecule has 1 aliphatic rings. The number of aromatic nitrogens is 2. The molecule has 0 fully saturated rings. The molecule has 256 valence electrons. The van der Waals surface area contributed by atoms with Crippen LogP contribution in [0.4, 0.5) is 5.69 Å². The first-order chi connectivity index (χ1) is 22.4. The monoisotopic (exact) mass is 669 g/mol. The smallest absolute Gasteiger partial charge is 0.261 e. The van der Waals surface area contributed by atoms with Crippen LogP contribution in [0.15, 0.2) is 66.1 Å². The fourth-order valence-electron chi connectivity index (χ4n) is 5.48. The predicted octanol–water partition coefficient (Wildman–Crippen LogP) is 3.72. The minimum absolute atomic E-state index is 0.0449. The number of carbonyl (C=O) groups excluding carboxylic acids is 2. The van der Waals surface area contributed by atoms with Crippen LogP contribution in [0, 0.1) is 5.92 Å². The molecule has 0 spiro atoms. The molecule has 0 unspecified atom stereocenters. The zero-order valence-corrected chi connectivity index (χ0v) is 28.7. The molecule has 2 aromatic carbocycles. The molecule has 3 aromatic rings. The number of aryl methyl sites for hydroxylation is 1. The zero-order chi connectivity index (χ0) is 34.1. The molecule has 0 saturated heterocycles. The molecule has 1 aliphatic heterocycles. The van der Waals surface area contributed by atoms with Crippen LogP contribution in [0.1, 0.15) is 56.0 Å². The number of hydrogen-bond donors (Lipinski definition) is 2. The number of nitrogens with one attached hydrogen (secondary N) is 1. The third kappa shape index (κ3) is 9.63. The van der Waals surface area contributed by atoms with E-state index in [2.05, 4.69) is 10.3 Å². The van der Waals surface area contributed by atoms with Crippen molar-refractivity contribution in [1.82, 2.24) is 18.8 Å². The first-order valence-electron chi connectivity index (χ1n) is 16.0. The van der Waals surface area contributed by atoms with E-state index in [0.29, 0.717) is 24.5 Å². The predicted molar refractivity (Wildman–Crippen MR) is 179 cm³/mol. The Hall–Kier alpha value is -3.78. The van der Waals surface area contributed by atoms with Crippen LogP contribution >= 0.6 is 0 Å². The summed E-state index contributed by atoms with van der Waals surface area (Å²) in [6.45, 7) is 5.92. The van der Waals surface area contributed by atoms with Gasteiger partial charge in [0.1, 0.15) is 5.75 Å². The quantitative estimate of drug-likeness (QED) is 0.351. The maximum Gasteiger partial charge on any atom is 0.261 e. The number of likely N-dealkylation sites (N-methyl/N-ethyl adjacent to an activating group) is 1. The number of rotatable bonds is 9. The van der Waals surface area contributed by atoms with Crippen molar-refractivity contribution >= 4 is 27.5 Å². The van der Waals surface area contributed by atoms with Gasteiger partial charge in [-0.3, -0.25) is 9.59 Å². The number of amides is 2. The summed E-state index contributed by atoms with van der Waals surface area (Å²) in [5.41, 5.74) is 1.57. The summed E-state index contributed by atoms with van der Waals surface area (Å²) < 4.78 is 42.0. The molecule has 13 heteroatoms. The van der Waals surface area contributed by atoms with Crippen LogP contribution in [0.3, 0.4) is 0 Å². The summed E-state index contributed by atoms with van der Waals surface area (Å²) in [6.07, 6.45) is 4.54. The van der Waals surface area contributed by atoms with E-state index in [1.54, 1.807) is 41.6 Å². The summed E-state index contributed by atoms with van der Waals surface area (Å²) in [6, 6.07) is 13.8. The average molecular weight is 670 g/mol. The van der Waals surface area contributed by atoms with Crippen LogP contribution in [0.2, 0.25) is 0 Å². The van der Waals surface area contributed by atoms with Crippen molar-refractivity contribution in [2.75, 3.05) is 38.7 Å². The average Bonchev–Trinajstić information content (AvgIpc) is 3.49. The van der Waals surface area contributed by atoms with Crippen LogP contribution in [-0.4, -0.2) is 95.7 Å². The molecule has 0 aliphatic carbocycles. The molecular weight excluding hydrogens is 622 g/mol. The van der Waals surface area contributed by atoms with Gasteiger partial charge in [0.25, 0.3) is 15.9 Å². The van der Waals surface area contributed by atoms with Gasteiger partial charge in [0, 0.05) is 51.6 Å². The van der Waals surface area contributed by atoms with Gasteiger partial charge in [-0.05, 0) is 56.9 Å². The maximum absolute atomic E-state index is 14.3. The number of carbonyl (C=O) groups is 2. The van der Waals surface area contributed by atoms with E-state index in [1.807, 2.05) is 44.2 Å². The molecule has 4 atom stereocenters. The first kappa shape index (κ1) is 36.1. The highest BCUT2D eigenvalue weighted by Crippen LogP contribution is 2.29. The molecule has 0 bridgehead atoms. The van der Waals surface area contributed by atoms with E-state index >= 15 is 0 Å². The summed E-state index contributed by atoms with van der Waals surface area (Å²) in [4.78, 5) is 32.8. The SMILES string of the molecule is C[C@H]1CCCCO[C@H](CN(C)S(=O)(=O)c2cn(C)cn2)[C@@H](C)CN([C@@H](C)CO)C(=O)c2cc(NC(=O)Cc3ccccc3)ccc2O1. The molecular formula is C34H47N5O7S. The van der Waals surface area contributed by atoms with E-state index in [9.17, 15) is 23.1 Å². The van der Waals surface area contributed by atoms with Gasteiger partial charge in [0.05, 0.1) is 43.2 Å². The second kappa shape index (κ2) is 16.4. The number of benzene rings is 2. The van der Waals surface area contributed by atoms with Gasteiger partial charge in [0.15, 0.2) is 5.03 Å². The van der Waals surface area contributed by atoms with Crippen molar-refractivity contribution in [3.63, 3.8) is 0 Å². The fraction of sp³-hybridized carbons (Fsp3) is 0.500. The Kier molecular flexibility index (Phi) is 12.6. The van der Waals surface area contributed by atoms with Gasteiger partial charge in [-0.15, -0.1) is 0 Å². The van der Waals surface area contributed by atoms with E-state index in [-0.39, 0.29) is 60.5 Å². The summed E-state index contributed by atoms with van der Waals surface area (Å²) in [7, 11) is -0.683. The Labute approximate surface area is 277 Å². The number of anilines is 1. The minimum Gasteiger partial charge on any atom is -0.490 e. The van der Waals surface area contributed by atoms with Crippen molar-refractivity contribution in [2.45, 2.75) is 69.7 Å². The third-order valence-electron chi connectivity index (χ3n) is 8.34. The van der Waals surface area contributed by atoms with Gasteiger partial charge < -0.3 is 29.4 Å². The molecule has 12 nitrogen and oxygen atoms in total. The molecule has 47 heavy (non-hydrogen) atoms. The van der Waals surface area contributed by atoms with Crippen LogP contribution in [0.25, 0.3) is 0 Å². The van der Waals surface area contributed by atoms with E-state index in [1.165, 1.54) is 23.9 Å². The normalized spacial score (nSPS) is 20.6. The van der Waals surface area contributed by atoms with Gasteiger partial charge in [-0.2, -0.15) is 4.31 Å². The molecule has 2 heterocycles. The van der Waals surface area contributed by atoms with Crippen molar-refractivity contribution in [3.05, 3.63) is 72.2 Å². The zero-order valence-electron chi connectivity index (χ0n) is 27.8. The lowest BCUT2D eigenvalue weighted by Gasteiger charge is -2.35. The van der Waals surface area contributed by atoms with Crippen LogP contribution in [-0.2, 0) is 33.0 Å². The number of imidazole rings is 1. The van der Waals surface area contributed by atoms with Crippen molar-refractivity contribution in [2.24, 2.45) is 13.0 Å². The number of aliphatic hydroxyl groups is 1. The number of nitrogens with zero attached hydrogens (tertiary/aromatic N) is 4. The van der Waals surface area contributed by atoms with Crippen molar-refractivity contribution in [1.29, 1.82) is 0 Å². The van der Waals surface area contributed by atoms with Gasteiger partial charge in [0.2, 0.25) is 5.91 Å².